The van der Waals surface area contributed by atoms with Crippen molar-refractivity contribution in [1.82, 2.24) is 9.29 Å². The van der Waals surface area contributed by atoms with Gasteiger partial charge in [-0.2, -0.15) is 4.31 Å². The molecule has 1 amide bonds. The fourth-order valence-corrected chi connectivity index (χ4v) is 5.31. The summed E-state index contributed by atoms with van der Waals surface area (Å²) < 4.78 is 31.5. The lowest BCUT2D eigenvalue weighted by Gasteiger charge is -2.29. The summed E-state index contributed by atoms with van der Waals surface area (Å²) in [5.41, 5.74) is 1.31. The predicted octanol–water partition coefficient (Wildman–Crippen LogP) is 3.28. The molecule has 166 valence electrons. The number of aromatic nitrogens is 1. The monoisotopic (exact) mass is 463 g/mol. The second-order valence-corrected chi connectivity index (χ2v) is 9.89. The van der Waals surface area contributed by atoms with Crippen molar-refractivity contribution < 1.29 is 22.7 Å². The van der Waals surface area contributed by atoms with E-state index in [0.29, 0.717) is 28.5 Å². The maximum atomic E-state index is 12.6. The number of piperidine rings is 1. The Balaban J connectivity index is 1.56. The van der Waals surface area contributed by atoms with E-state index in [-0.39, 0.29) is 31.5 Å². The van der Waals surface area contributed by atoms with Crippen molar-refractivity contribution in [1.29, 1.82) is 0 Å². The van der Waals surface area contributed by atoms with Crippen LogP contribution in [0, 0.1) is 12.8 Å². The van der Waals surface area contributed by atoms with Gasteiger partial charge in [0.1, 0.15) is 4.88 Å². The zero-order chi connectivity index (χ0) is 22.4. The molecule has 0 aliphatic carbocycles. The molecule has 0 unspecified atom stereocenters. The van der Waals surface area contributed by atoms with Crippen molar-refractivity contribution >= 4 is 44.4 Å². The first-order chi connectivity index (χ1) is 14.8. The lowest BCUT2D eigenvalue weighted by molar-refractivity contribution is -0.120. The molecule has 1 fully saturated rings. The van der Waals surface area contributed by atoms with Gasteiger partial charge < -0.3 is 10.1 Å². The molecular formula is C21H25N3O5S2. The van der Waals surface area contributed by atoms with Gasteiger partial charge in [0.15, 0.2) is 5.13 Å². The number of esters is 1. The van der Waals surface area contributed by atoms with Crippen LogP contribution in [0.25, 0.3) is 6.08 Å². The van der Waals surface area contributed by atoms with Crippen LogP contribution in [0.5, 0.6) is 0 Å². The van der Waals surface area contributed by atoms with Gasteiger partial charge in [-0.15, -0.1) is 0 Å². The molecule has 0 spiro atoms. The highest BCUT2D eigenvalue weighted by Gasteiger charge is 2.30. The van der Waals surface area contributed by atoms with Crippen molar-refractivity contribution in [3.63, 3.8) is 0 Å². The molecule has 10 heteroatoms. The van der Waals surface area contributed by atoms with Crippen LogP contribution in [0.3, 0.4) is 0 Å². The molecule has 1 aliphatic heterocycles. The standard InChI is InChI=1S/C21H25N3O5S2/c1-3-29-20(26)18-15(2)22-21(30-18)23-19(25)17-9-12-24(13-10-17)31(27,28)14-11-16-7-5-4-6-8-16/h4-8,11,14,17H,3,9-10,12-13H2,1-2H3,(H,22,23,25). The number of amides is 1. The summed E-state index contributed by atoms with van der Waals surface area (Å²) in [4.78, 5) is 29.1. The Morgan fingerprint density at radius 2 is 1.94 bits per heavy atom. The van der Waals surface area contributed by atoms with Crippen LogP contribution < -0.4 is 5.32 Å². The molecule has 2 aromatic rings. The lowest BCUT2D eigenvalue weighted by Crippen LogP contribution is -2.40. The average molecular weight is 464 g/mol. The van der Waals surface area contributed by atoms with E-state index in [9.17, 15) is 18.0 Å². The van der Waals surface area contributed by atoms with Crippen molar-refractivity contribution in [2.75, 3.05) is 25.0 Å². The summed E-state index contributed by atoms with van der Waals surface area (Å²) in [6.45, 7) is 4.21. The first-order valence-corrected chi connectivity index (χ1v) is 12.3. The zero-order valence-corrected chi connectivity index (χ0v) is 19.0. The third-order valence-electron chi connectivity index (χ3n) is 4.90. The van der Waals surface area contributed by atoms with Crippen LogP contribution in [-0.2, 0) is 19.6 Å². The summed E-state index contributed by atoms with van der Waals surface area (Å²) in [6.07, 6.45) is 2.40. The number of ether oxygens (including phenoxy) is 1. The molecule has 31 heavy (non-hydrogen) atoms. The number of aryl methyl sites for hydroxylation is 1. The fraction of sp³-hybridized carbons (Fsp3) is 0.381. The predicted molar refractivity (Wildman–Crippen MR) is 120 cm³/mol. The quantitative estimate of drug-likeness (QED) is 0.632. The molecule has 0 atom stereocenters. The van der Waals surface area contributed by atoms with E-state index in [2.05, 4.69) is 10.3 Å². The van der Waals surface area contributed by atoms with Gasteiger partial charge in [-0.3, -0.25) is 4.79 Å². The summed E-state index contributed by atoms with van der Waals surface area (Å²) in [5.74, 6) is -0.999. The Morgan fingerprint density at radius 3 is 2.58 bits per heavy atom. The van der Waals surface area contributed by atoms with Crippen molar-refractivity contribution in [2.24, 2.45) is 5.92 Å². The minimum atomic E-state index is -3.55. The van der Waals surface area contributed by atoms with Crippen molar-refractivity contribution in [3.05, 3.63) is 51.9 Å². The number of thiazole rings is 1. The third kappa shape index (κ3) is 5.99. The molecule has 8 nitrogen and oxygen atoms in total. The Labute approximate surface area is 186 Å². The molecule has 1 aliphatic rings. The highest BCUT2D eigenvalue weighted by molar-refractivity contribution is 7.92. The van der Waals surface area contributed by atoms with Gasteiger partial charge in [0, 0.05) is 24.4 Å². The minimum absolute atomic E-state index is 0.221. The highest BCUT2D eigenvalue weighted by Crippen LogP contribution is 2.26. The summed E-state index contributed by atoms with van der Waals surface area (Å²) >= 11 is 1.08. The van der Waals surface area contributed by atoms with Crippen LogP contribution in [0.4, 0.5) is 5.13 Å². The van der Waals surface area contributed by atoms with Crippen LogP contribution in [0.2, 0.25) is 0 Å². The third-order valence-corrected chi connectivity index (χ3v) is 7.52. The molecule has 3 rings (SSSR count). The molecule has 0 saturated carbocycles. The van der Waals surface area contributed by atoms with Crippen molar-refractivity contribution in [3.8, 4) is 0 Å². The SMILES string of the molecule is CCOC(=O)c1sc(NC(=O)C2CCN(S(=O)(=O)C=Cc3ccccc3)CC2)nc1C. The Morgan fingerprint density at radius 1 is 1.26 bits per heavy atom. The Kier molecular flexibility index (Phi) is 7.58. The first kappa shape index (κ1) is 23.1. The van der Waals surface area contributed by atoms with E-state index in [1.807, 2.05) is 30.3 Å². The summed E-state index contributed by atoms with van der Waals surface area (Å²) in [7, 11) is -3.55. The van der Waals surface area contributed by atoms with Crippen LogP contribution in [0.1, 0.15) is 40.7 Å². The average Bonchev–Trinajstić information content (AvgIpc) is 3.13. The zero-order valence-electron chi connectivity index (χ0n) is 17.4. The van der Waals surface area contributed by atoms with Gasteiger partial charge in [-0.1, -0.05) is 41.7 Å². The number of carbonyl (C=O) groups is 2. The fourth-order valence-electron chi connectivity index (χ4n) is 3.23. The van der Waals surface area contributed by atoms with Crippen LogP contribution in [0.15, 0.2) is 35.7 Å². The van der Waals surface area contributed by atoms with Gasteiger partial charge in [-0.05, 0) is 38.3 Å². The molecule has 1 N–H and O–H groups in total. The Hall–Kier alpha value is -2.56. The molecule has 1 aromatic carbocycles. The number of sulfonamides is 1. The van der Waals surface area contributed by atoms with Gasteiger partial charge in [0.25, 0.3) is 0 Å². The summed E-state index contributed by atoms with van der Waals surface area (Å²) in [5, 5.41) is 4.29. The highest BCUT2D eigenvalue weighted by atomic mass is 32.2. The second-order valence-electron chi connectivity index (χ2n) is 7.07. The molecule has 1 saturated heterocycles. The smallest absolute Gasteiger partial charge is 0.350 e. The number of nitrogens with zero attached hydrogens (tertiary/aromatic N) is 2. The number of carbonyl (C=O) groups excluding carboxylic acids is 2. The number of nitrogens with one attached hydrogen (secondary N) is 1. The number of hydrogen-bond acceptors (Lipinski definition) is 7. The maximum absolute atomic E-state index is 12.6. The van der Waals surface area contributed by atoms with Gasteiger partial charge >= 0.3 is 5.97 Å². The number of rotatable bonds is 7. The molecule has 0 radical (unpaired) electrons. The lowest BCUT2D eigenvalue weighted by atomic mass is 9.97. The van der Waals surface area contributed by atoms with Gasteiger partial charge in [0.2, 0.25) is 15.9 Å². The van der Waals surface area contributed by atoms with Crippen LogP contribution >= 0.6 is 11.3 Å². The number of hydrogen-bond donors (Lipinski definition) is 1. The summed E-state index contributed by atoms with van der Waals surface area (Å²) in [6, 6.07) is 9.21. The van der Waals surface area contributed by atoms with Crippen molar-refractivity contribution in [2.45, 2.75) is 26.7 Å². The molecule has 2 heterocycles. The van der Waals surface area contributed by atoms with E-state index >= 15 is 0 Å². The van der Waals surface area contributed by atoms with E-state index in [1.54, 1.807) is 19.9 Å². The van der Waals surface area contributed by atoms with Gasteiger partial charge in [-0.25, -0.2) is 18.2 Å². The molecule has 1 aromatic heterocycles. The minimum Gasteiger partial charge on any atom is -0.462 e. The van der Waals surface area contributed by atoms with E-state index in [1.165, 1.54) is 9.71 Å². The number of benzene rings is 1. The first-order valence-electron chi connectivity index (χ1n) is 9.99. The normalized spacial score (nSPS) is 15.8. The van der Waals surface area contributed by atoms with E-state index < -0.39 is 16.0 Å². The number of anilines is 1. The van der Waals surface area contributed by atoms with E-state index in [0.717, 1.165) is 16.9 Å². The second kappa shape index (κ2) is 10.2. The Bertz CT molecular complexity index is 1060. The van der Waals surface area contributed by atoms with Gasteiger partial charge in [0.05, 0.1) is 12.3 Å². The largest absolute Gasteiger partial charge is 0.462 e. The van der Waals surface area contributed by atoms with Crippen LogP contribution in [-0.4, -0.2) is 49.3 Å². The van der Waals surface area contributed by atoms with E-state index in [4.69, 9.17) is 4.74 Å². The molecule has 0 bridgehead atoms. The topological polar surface area (TPSA) is 106 Å². The molecular weight excluding hydrogens is 438 g/mol. The maximum Gasteiger partial charge on any atom is 0.350 e.